The van der Waals surface area contributed by atoms with Crippen LogP contribution in [0.15, 0.2) is 42.0 Å². The summed E-state index contributed by atoms with van der Waals surface area (Å²) in [6, 6.07) is 7.50. The van der Waals surface area contributed by atoms with Gasteiger partial charge in [-0.15, -0.1) is 0 Å². The molecule has 2 N–H and O–H groups in total. The molecule has 0 bridgehead atoms. The first-order chi connectivity index (χ1) is 9.80. The fourth-order valence-corrected chi connectivity index (χ4v) is 2.91. The largest absolute Gasteiger partial charge is 0.392 e. The lowest BCUT2D eigenvalue weighted by Crippen LogP contribution is -2.47. The Morgan fingerprint density at radius 1 is 1.29 bits per heavy atom. The van der Waals surface area contributed by atoms with Crippen molar-refractivity contribution in [3.05, 3.63) is 53.1 Å². The van der Waals surface area contributed by atoms with Crippen LogP contribution in [0.4, 0.5) is 0 Å². The molecule has 0 saturated heterocycles. The molecule has 0 radical (unpaired) electrons. The summed E-state index contributed by atoms with van der Waals surface area (Å²) in [4.78, 5) is 11.7. The molecule has 1 aliphatic rings. The Balaban J connectivity index is 2.42. The minimum Gasteiger partial charge on any atom is -0.392 e. The summed E-state index contributed by atoms with van der Waals surface area (Å²) in [5.74, 6) is 0.0475. The minimum absolute atomic E-state index is 0.0460. The highest BCUT2D eigenvalue weighted by molar-refractivity contribution is 5.93. The highest BCUT2D eigenvalue weighted by Gasteiger charge is 2.46. The lowest BCUT2D eigenvalue weighted by atomic mass is 9.64. The van der Waals surface area contributed by atoms with E-state index in [0.29, 0.717) is 12.0 Å². The maximum atomic E-state index is 11.7. The average molecular weight is 286 g/mol. The van der Waals surface area contributed by atoms with E-state index in [-0.39, 0.29) is 12.4 Å². The SMILES string of the molecule is CC1=CC(=O)CC(C)(C)C1(O)C=Cc1ccccc1CO. The van der Waals surface area contributed by atoms with Crippen LogP contribution in [0.2, 0.25) is 0 Å². The molecule has 3 heteroatoms. The summed E-state index contributed by atoms with van der Waals surface area (Å²) in [6.07, 6.45) is 5.39. The van der Waals surface area contributed by atoms with Crippen LogP contribution < -0.4 is 0 Å². The Bertz CT molecular complexity index is 611. The van der Waals surface area contributed by atoms with Crippen LogP contribution in [-0.4, -0.2) is 21.6 Å². The zero-order valence-electron chi connectivity index (χ0n) is 12.8. The molecule has 1 aromatic rings. The molecule has 0 aromatic heterocycles. The van der Waals surface area contributed by atoms with E-state index in [4.69, 9.17) is 0 Å². The van der Waals surface area contributed by atoms with Crippen LogP contribution >= 0.6 is 0 Å². The van der Waals surface area contributed by atoms with Crippen molar-refractivity contribution in [3.63, 3.8) is 0 Å². The van der Waals surface area contributed by atoms with E-state index < -0.39 is 11.0 Å². The Kier molecular flexibility index (Phi) is 4.17. The number of rotatable bonds is 3. The molecule has 1 aliphatic carbocycles. The molecule has 0 saturated carbocycles. The van der Waals surface area contributed by atoms with E-state index in [0.717, 1.165) is 11.1 Å². The maximum Gasteiger partial charge on any atom is 0.156 e. The second-order valence-corrected chi connectivity index (χ2v) is 6.31. The summed E-state index contributed by atoms with van der Waals surface area (Å²) in [6.45, 7) is 5.52. The Labute approximate surface area is 125 Å². The minimum atomic E-state index is -1.16. The van der Waals surface area contributed by atoms with Gasteiger partial charge in [0.2, 0.25) is 0 Å². The molecule has 21 heavy (non-hydrogen) atoms. The molecule has 0 amide bonds. The molecule has 1 atom stereocenters. The summed E-state index contributed by atoms with van der Waals surface area (Å²) < 4.78 is 0. The van der Waals surface area contributed by atoms with E-state index in [2.05, 4.69) is 0 Å². The van der Waals surface area contributed by atoms with Gasteiger partial charge in [0.1, 0.15) is 5.60 Å². The molecule has 0 fully saturated rings. The Hall–Kier alpha value is -1.71. The highest BCUT2D eigenvalue weighted by atomic mass is 16.3. The molecule has 3 nitrogen and oxygen atoms in total. The van der Waals surface area contributed by atoms with Crippen LogP contribution in [0.3, 0.4) is 0 Å². The van der Waals surface area contributed by atoms with Gasteiger partial charge in [0.15, 0.2) is 5.78 Å². The lowest BCUT2D eigenvalue weighted by molar-refractivity contribution is -0.121. The fourth-order valence-electron chi connectivity index (χ4n) is 2.91. The van der Waals surface area contributed by atoms with Gasteiger partial charge in [-0.3, -0.25) is 4.79 Å². The number of carbonyl (C=O) groups is 1. The molecule has 0 aliphatic heterocycles. The van der Waals surface area contributed by atoms with Gasteiger partial charge in [0.05, 0.1) is 6.61 Å². The molecule has 1 unspecified atom stereocenters. The second kappa shape index (κ2) is 5.58. The number of allylic oxidation sites excluding steroid dienone is 1. The number of carbonyl (C=O) groups excluding carboxylic acids is 1. The van der Waals surface area contributed by atoms with Crippen molar-refractivity contribution in [2.24, 2.45) is 5.41 Å². The zero-order valence-corrected chi connectivity index (χ0v) is 12.8. The molecular weight excluding hydrogens is 264 g/mol. The first-order valence-electron chi connectivity index (χ1n) is 7.12. The smallest absolute Gasteiger partial charge is 0.156 e. The average Bonchev–Trinajstić information content (AvgIpc) is 2.42. The normalized spacial score (nSPS) is 25.2. The van der Waals surface area contributed by atoms with Crippen LogP contribution in [0.25, 0.3) is 6.08 Å². The van der Waals surface area contributed by atoms with Gasteiger partial charge >= 0.3 is 0 Å². The van der Waals surface area contributed by atoms with Crippen LogP contribution in [0.5, 0.6) is 0 Å². The zero-order chi connectivity index (χ0) is 15.7. The van der Waals surface area contributed by atoms with Crippen molar-refractivity contribution >= 4 is 11.9 Å². The van der Waals surface area contributed by atoms with Gasteiger partial charge in [-0.1, -0.05) is 44.2 Å². The van der Waals surface area contributed by atoms with Crippen LogP contribution in [-0.2, 0) is 11.4 Å². The number of hydrogen-bond donors (Lipinski definition) is 2. The van der Waals surface area contributed by atoms with Crippen LogP contribution in [0.1, 0.15) is 38.3 Å². The summed E-state index contributed by atoms with van der Waals surface area (Å²) in [5.41, 5.74) is 0.607. The number of benzene rings is 1. The van der Waals surface area contributed by atoms with Crippen molar-refractivity contribution in [2.45, 2.75) is 39.4 Å². The lowest BCUT2D eigenvalue weighted by Gasteiger charge is -2.44. The molecule has 0 heterocycles. The molecular formula is C18H22O3. The molecule has 0 spiro atoms. The maximum absolute atomic E-state index is 11.7. The van der Waals surface area contributed by atoms with E-state index in [9.17, 15) is 15.0 Å². The first kappa shape index (κ1) is 15.7. The molecule has 1 aromatic carbocycles. The van der Waals surface area contributed by atoms with Gasteiger partial charge in [0.25, 0.3) is 0 Å². The number of aliphatic hydroxyl groups excluding tert-OH is 1. The second-order valence-electron chi connectivity index (χ2n) is 6.31. The van der Waals surface area contributed by atoms with Crippen molar-refractivity contribution in [1.29, 1.82) is 0 Å². The number of aliphatic hydroxyl groups is 2. The van der Waals surface area contributed by atoms with Gasteiger partial charge < -0.3 is 10.2 Å². The fraction of sp³-hybridized carbons (Fsp3) is 0.389. The third kappa shape index (κ3) is 2.85. The van der Waals surface area contributed by atoms with E-state index in [1.807, 2.05) is 44.2 Å². The van der Waals surface area contributed by atoms with Crippen molar-refractivity contribution in [2.75, 3.05) is 0 Å². The molecule has 112 valence electrons. The Morgan fingerprint density at radius 2 is 1.95 bits per heavy atom. The summed E-state index contributed by atoms with van der Waals surface area (Å²) in [5, 5.41) is 20.4. The summed E-state index contributed by atoms with van der Waals surface area (Å²) >= 11 is 0. The third-order valence-electron chi connectivity index (χ3n) is 4.36. The standard InChI is InChI=1S/C18H22O3/c1-13-10-16(20)11-17(2,3)18(13,21)9-8-14-6-4-5-7-15(14)12-19/h4-10,19,21H,11-12H2,1-3H3. The highest BCUT2D eigenvalue weighted by Crippen LogP contribution is 2.44. The van der Waals surface area contributed by atoms with Gasteiger partial charge in [-0.05, 0) is 35.8 Å². The van der Waals surface area contributed by atoms with E-state index >= 15 is 0 Å². The predicted octanol–water partition coefficient (Wildman–Crippen LogP) is 2.87. The predicted molar refractivity (Wildman–Crippen MR) is 83.5 cm³/mol. The van der Waals surface area contributed by atoms with Crippen molar-refractivity contribution in [3.8, 4) is 0 Å². The van der Waals surface area contributed by atoms with Crippen molar-refractivity contribution in [1.82, 2.24) is 0 Å². The number of ketones is 1. The van der Waals surface area contributed by atoms with E-state index in [1.54, 1.807) is 13.0 Å². The quantitative estimate of drug-likeness (QED) is 0.898. The van der Waals surface area contributed by atoms with Gasteiger partial charge in [-0.25, -0.2) is 0 Å². The van der Waals surface area contributed by atoms with E-state index in [1.165, 1.54) is 6.08 Å². The summed E-state index contributed by atoms with van der Waals surface area (Å²) in [7, 11) is 0. The topological polar surface area (TPSA) is 57.5 Å². The van der Waals surface area contributed by atoms with Gasteiger partial charge in [0, 0.05) is 11.8 Å². The first-order valence-corrected chi connectivity index (χ1v) is 7.12. The van der Waals surface area contributed by atoms with Gasteiger partial charge in [-0.2, -0.15) is 0 Å². The van der Waals surface area contributed by atoms with Crippen LogP contribution in [0, 0.1) is 5.41 Å². The third-order valence-corrected chi connectivity index (χ3v) is 4.36. The molecule has 2 rings (SSSR count). The number of hydrogen-bond acceptors (Lipinski definition) is 3. The van der Waals surface area contributed by atoms with Crippen molar-refractivity contribution < 1.29 is 15.0 Å². The Morgan fingerprint density at radius 3 is 2.57 bits per heavy atom. The monoisotopic (exact) mass is 286 g/mol.